The molecule has 1 saturated carbocycles. The van der Waals surface area contributed by atoms with Gasteiger partial charge >= 0.3 is 0 Å². The van der Waals surface area contributed by atoms with Crippen molar-refractivity contribution in [3.8, 4) is 0 Å². The van der Waals surface area contributed by atoms with Gasteiger partial charge < -0.3 is 21.1 Å². The molecule has 0 aliphatic heterocycles. The minimum absolute atomic E-state index is 0.0359. The van der Waals surface area contributed by atoms with Gasteiger partial charge in [0, 0.05) is 31.2 Å². The Balaban J connectivity index is 1.36. The summed E-state index contributed by atoms with van der Waals surface area (Å²) in [7, 11) is 0. The minimum atomic E-state index is 0.0359. The fourth-order valence-electron chi connectivity index (χ4n) is 5.84. The van der Waals surface area contributed by atoms with Crippen LogP contribution in [0.3, 0.4) is 0 Å². The molecule has 0 unspecified atom stereocenters. The number of nitrogens with one attached hydrogen (secondary N) is 1. The van der Waals surface area contributed by atoms with Gasteiger partial charge in [-0.05, 0) is 54.8 Å². The average molecular weight is 531 g/mol. The third kappa shape index (κ3) is 5.99. The molecule has 1 aliphatic rings. The number of pyridine rings is 1. The lowest BCUT2D eigenvalue weighted by atomic mass is 9.65. The van der Waals surface area contributed by atoms with Gasteiger partial charge in [0.15, 0.2) is 11.3 Å². The normalized spacial score (nSPS) is 14.6. The number of unbranched alkanes of at least 4 members (excludes halogenated alkanes) is 1. The van der Waals surface area contributed by atoms with Gasteiger partial charge in [-0.2, -0.15) is 10.1 Å². The van der Waals surface area contributed by atoms with E-state index in [0.29, 0.717) is 35.4 Å². The van der Waals surface area contributed by atoms with Gasteiger partial charge in [0.25, 0.3) is 0 Å². The summed E-state index contributed by atoms with van der Waals surface area (Å²) >= 11 is 0. The molecule has 9 nitrogen and oxygen atoms in total. The number of anilines is 2. The summed E-state index contributed by atoms with van der Waals surface area (Å²) in [5.41, 5.74) is 11.4. The maximum absolute atomic E-state index is 9.64. The first-order valence-corrected chi connectivity index (χ1v) is 14.5. The second-order valence-electron chi connectivity index (χ2n) is 10.9. The highest BCUT2D eigenvalue weighted by Gasteiger charge is 2.34. The lowest BCUT2D eigenvalue weighted by molar-refractivity contribution is 0.113. The summed E-state index contributed by atoms with van der Waals surface area (Å²) in [6, 6.07) is 8.55. The highest BCUT2D eigenvalue weighted by Crippen LogP contribution is 2.46. The van der Waals surface area contributed by atoms with Gasteiger partial charge in [0.05, 0.1) is 24.9 Å². The zero-order chi connectivity index (χ0) is 27.2. The molecule has 39 heavy (non-hydrogen) atoms. The maximum Gasteiger partial charge on any atom is 0.222 e. The number of nitrogens with zero attached hydrogens (tertiary/aromatic N) is 6. The van der Waals surface area contributed by atoms with Gasteiger partial charge in [-0.1, -0.05) is 51.3 Å². The summed E-state index contributed by atoms with van der Waals surface area (Å²) in [4.78, 5) is 15.8. The molecule has 1 fully saturated rings. The molecule has 1 aromatic carbocycles. The average Bonchev–Trinajstić information content (AvgIpc) is 3.33. The number of benzene rings is 1. The van der Waals surface area contributed by atoms with E-state index >= 15 is 0 Å². The summed E-state index contributed by atoms with van der Waals surface area (Å²) in [5, 5.41) is 19.4. The number of fused-ring (bicyclic) bond motifs is 2. The number of aliphatic hydroxyl groups is 1. The third-order valence-electron chi connectivity index (χ3n) is 8.45. The van der Waals surface area contributed by atoms with E-state index in [4.69, 9.17) is 15.8 Å². The van der Waals surface area contributed by atoms with Gasteiger partial charge in [-0.25, -0.2) is 4.98 Å². The molecule has 3 heterocycles. The van der Waals surface area contributed by atoms with Crippen LogP contribution in [0.1, 0.15) is 69.9 Å². The van der Waals surface area contributed by atoms with E-state index in [-0.39, 0.29) is 12.6 Å². The van der Waals surface area contributed by atoms with Crippen molar-refractivity contribution in [2.75, 3.05) is 36.9 Å². The summed E-state index contributed by atoms with van der Waals surface area (Å²) in [5.74, 6) is 0.887. The molecule has 0 bridgehead atoms. The Bertz CT molecular complexity index is 1390. The van der Waals surface area contributed by atoms with Gasteiger partial charge in [0.2, 0.25) is 5.95 Å². The number of hydrogen-bond acceptors (Lipinski definition) is 8. The number of aromatic nitrogens is 5. The van der Waals surface area contributed by atoms with E-state index in [1.807, 2.05) is 28.0 Å². The Labute approximate surface area is 230 Å². The molecule has 208 valence electrons. The van der Waals surface area contributed by atoms with Crippen molar-refractivity contribution in [3.05, 3.63) is 47.8 Å². The third-order valence-corrected chi connectivity index (χ3v) is 8.45. The number of aliphatic hydroxyl groups excluding tert-OH is 1. The molecule has 0 amide bonds. The topological polar surface area (TPSA) is 118 Å². The SMILES string of the molecule is CCCCN(CCO)c1nc(N)nc2cn(Cc3ccc(CNCCC4(CC)CCC4)c4cccnc34)nc12. The molecule has 0 atom stereocenters. The molecular weight excluding hydrogens is 488 g/mol. The van der Waals surface area contributed by atoms with E-state index in [2.05, 4.69) is 47.3 Å². The second kappa shape index (κ2) is 12.3. The smallest absolute Gasteiger partial charge is 0.222 e. The van der Waals surface area contributed by atoms with E-state index in [1.54, 1.807) is 0 Å². The summed E-state index contributed by atoms with van der Waals surface area (Å²) in [6.45, 7) is 8.21. The van der Waals surface area contributed by atoms with Crippen LogP contribution in [0.2, 0.25) is 0 Å². The van der Waals surface area contributed by atoms with Gasteiger partial charge in [0.1, 0.15) is 5.52 Å². The largest absolute Gasteiger partial charge is 0.395 e. The number of rotatable bonds is 14. The Morgan fingerprint density at radius 2 is 1.95 bits per heavy atom. The Hall–Kier alpha value is -3.30. The minimum Gasteiger partial charge on any atom is -0.395 e. The van der Waals surface area contributed by atoms with Crippen molar-refractivity contribution < 1.29 is 5.11 Å². The molecule has 5 rings (SSSR count). The van der Waals surface area contributed by atoms with Crippen LogP contribution in [-0.4, -0.2) is 56.1 Å². The summed E-state index contributed by atoms with van der Waals surface area (Å²) < 4.78 is 1.89. The second-order valence-corrected chi connectivity index (χ2v) is 10.9. The molecular formula is C30H42N8O. The standard InChI is InChI=1S/C30H42N8O/c1-3-5-16-37(17-18-39)28-27-25(34-29(31)35-28)21-38(36-27)20-23-10-9-22(24-8-6-14-33-26(23)24)19-32-15-13-30(4-2)11-7-12-30/h6,8-10,14,21,32,39H,3-5,7,11-13,15-20H2,1-2H3,(H2,31,34). The molecule has 3 aromatic heterocycles. The summed E-state index contributed by atoms with van der Waals surface area (Å²) in [6.07, 6.45) is 12.5. The van der Waals surface area contributed by atoms with Crippen LogP contribution in [0.25, 0.3) is 21.9 Å². The number of nitrogens with two attached hydrogens (primary N) is 1. The van der Waals surface area contributed by atoms with Gasteiger partial charge in [-0.15, -0.1) is 0 Å². The first kappa shape index (κ1) is 27.3. The quantitative estimate of drug-likeness (QED) is 0.201. The predicted octanol–water partition coefficient (Wildman–Crippen LogP) is 4.66. The molecule has 0 radical (unpaired) electrons. The molecule has 0 spiro atoms. The van der Waals surface area contributed by atoms with Crippen molar-refractivity contribution in [1.29, 1.82) is 0 Å². The van der Waals surface area contributed by atoms with Crippen LogP contribution < -0.4 is 16.0 Å². The Morgan fingerprint density at radius 1 is 1.10 bits per heavy atom. The Morgan fingerprint density at radius 3 is 2.69 bits per heavy atom. The molecule has 0 saturated heterocycles. The van der Waals surface area contributed by atoms with Crippen molar-refractivity contribution in [3.63, 3.8) is 0 Å². The van der Waals surface area contributed by atoms with E-state index in [0.717, 1.165) is 43.6 Å². The lowest BCUT2D eigenvalue weighted by Crippen LogP contribution is -2.32. The van der Waals surface area contributed by atoms with Crippen LogP contribution in [0.15, 0.2) is 36.7 Å². The zero-order valence-electron chi connectivity index (χ0n) is 23.4. The van der Waals surface area contributed by atoms with Crippen LogP contribution in [0.4, 0.5) is 11.8 Å². The Kier molecular flexibility index (Phi) is 8.57. The van der Waals surface area contributed by atoms with Crippen molar-refractivity contribution in [2.45, 2.75) is 71.9 Å². The first-order chi connectivity index (χ1) is 19.1. The lowest BCUT2D eigenvalue weighted by Gasteiger charge is -2.41. The van der Waals surface area contributed by atoms with Crippen molar-refractivity contribution in [2.24, 2.45) is 5.41 Å². The highest BCUT2D eigenvalue weighted by molar-refractivity contribution is 5.87. The van der Waals surface area contributed by atoms with Gasteiger partial charge in [-0.3, -0.25) is 9.67 Å². The first-order valence-electron chi connectivity index (χ1n) is 14.5. The fourth-order valence-corrected chi connectivity index (χ4v) is 5.84. The van der Waals surface area contributed by atoms with Crippen LogP contribution in [0.5, 0.6) is 0 Å². The zero-order valence-corrected chi connectivity index (χ0v) is 23.4. The number of nitrogen functional groups attached to an aromatic ring is 1. The molecule has 4 N–H and O–H groups in total. The molecule has 4 aromatic rings. The highest BCUT2D eigenvalue weighted by atomic mass is 16.3. The molecule has 9 heteroatoms. The van der Waals surface area contributed by atoms with E-state index in [9.17, 15) is 5.11 Å². The monoisotopic (exact) mass is 530 g/mol. The van der Waals surface area contributed by atoms with Crippen LogP contribution in [0, 0.1) is 5.41 Å². The number of hydrogen-bond donors (Lipinski definition) is 3. The maximum atomic E-state index is 9.64. The van der Waals surface area contributed by atoms with E-state index in [1.165, 1.54) is 43.1 Å². The van der Waals surface area contributed by atoms with Crippen molar-refractivity contribution in [1.82, 2.24) is 30.0 Å². The van der Waals surface area contributed by atoms with Crippen LogP contribution in [-0.2, 0) is 13.1 Å². The predicted molar refractivity (Wildman–Crippen MR) is 158 cm³/mol. The van der Waals surface area contributed by atoms with Crippen LogP contribution >= 0.6 is 0 Å². The fraction of sp³-hybridized carbons (Fsp3) is 0.533. The van der Waals surface area contributed by atoms with Crippen molar-refractivity contribution >= 4 is 33.7 Å². The molecule has 1 aliphatic carbocycles. The van der Waals surface area contributed by atoms with E-state index < -0.39 is 0 Å².